The lowest BCUT2D eigenvalue weighted by Crippen LogP contribution is -2.12. The highest BCUT2D eigenvalue weighted by molar-refractivity contribution is 7.19. The van der Waals surface area contributed by atoms with Crippen molar-refractivity contribution in [3.8, 4) is 0 Å². The molecule has 2 heterocycles. The number of nitrogens with zero attached hydrogens (tertiary/aromatic N) is 3. The van der Waals surface area contributed by atoms with Crippen LogP contribution < -0.4 is 0 Å². The van der Waals surface area contributed by atoms with Gasteiger partial charge in [0, 0.05) is 42.6 Å². The summed E-state index contributed by atoms with van der Waals surface area (Å²) >= 11 is 20.3. The van der Waals surface area contributed by atoms with Crippen LogP contribution in [0.15, 0.2) is 61.2 Å². The van der Waals surface area contributed by atoms with Crippen LogP contribution in [0, 0.1) is 10.1 Å². The number of aromatic nitrogens is 2. The Morgan fingerprint density at radius 3 is 2.55 bits per heavy atom. The molecule has 4 aromatic rings. The van der Waals surface area contributed by atoms with Crippen molar-refractivity contribution in [1.29, 1.82) is 0 Å². The quantitative estimate of drug-likeness (QED) is 0.236. The maximum absolute atomic E-state index is 8.36. The van der Waals surface area contributed by atoms with Crippen LogP contribution >= 0.6 is 46.1 Å². The van der Waals surface area contributed by atoms with E-state index in [-0.39, 0.29) is 6.10 Å². The molecule has 1 unspecified atom stereocenters. The van der Waals surface area contributed by atoms with E-state index in [0.717, 1.165) is 20.8 Å². The summed E-state index contributed by atoms with van der Waals surface area (Å²) < 4.78 is 9.43. The monoisotopic (exact) mass is 499 g/mol. The Balaban J connectivity index is 0.000000628. The van der Waals surface area contributed by atoms with E-state index in [0.29, 0.717) is 23.2 Å². The minimum absolute atomic E-state index is 0.224. The van der Waals surface area contributed by atoms with Crippen LogP contribution in [0.25, 0.3) is 10.1 Å². The summed E-state index contributed by atoms with van der Waals surface area (Å²) in [6.07, 6.45) is 5.19. The van der Waals surface area contributed by atoms with Crippen molar-refractivity contribution < 1.29 is 15.0 Å². The van der Waals surface area contributed by atoms with Crippen molar-refractivity contribution in [2.24, 2.45) is 0 Å². The molecule has 0 aliphatic heterocycles. The molecule has 11 heteroatoms. The summed E-state index contributed by atoms with van der Waals surface area (Å²) in [4.78, 5) is 13.6. The second-order valence-electron chi connectivity index (χ2n) is 6.36. The first-order valence-electron chi connectivity index (χ1n) is 8.85. The average Bonchev–Trinajstić information content (AvgIpc) is 3.34. The van der Waals surface area contributed by atoms with E-state index in [4.69, 9.17) is 54.9 Å². The van der Waals surface area contributed by atoms with Gasteiger partial charge in [-0.15, -0.1) is 21.5 Å². The fraction of sp³-hybridized carbons (Fsp3) is 0.150. The van der Waals surface area contributed by atoms with Gasteiger partial charge in [0.25, 0.3) is 5.09 Å². The SMILES string of the molecule is Clc1ccc(C(Cn2ccnc2)OCc2cc3cc(Cl)ccc3s2)c(Cl)c1.O=[N+]([O-])O. The highest BCUT2D eigenvalue weighted by Crippen LogP contribution is 2.33. The predicted octanol–water partition coefficient (Wildman–Crippen LogP) is 6.67. The van der Waals surface area contributed by atoms with Crippen LogP contribution in [0.2, 0.25) is 15.1 Å². The van der Waals surface area contributed by atoms with Crippen molar-refractivity contribution in [1.82, 2.24) is 9.55 Å². The van der Waals surface area contributed by atoms with Gasteiger partial charge in [0.2, 0.25) is 0 Å². The molecule has 0 bridgehead atoms. The lowest BCUT2D eigenvalue weighted by atomic mass is 10.1. The predicted molar refractivity (Wildman–Crippen MR) is 122 cm³/mol. The lowest BCUT2D eigenvalue weighted by molar-refractivity contribution is -0.742. The minimum Gasteiger partial charge on any atom is -0.366 e. The minimum atomic E-state index is -1.50. The molecule has 7 nitrogen and oxygen atoms in total. The average molecular weight is 501 g/mol. The highest BCUT2D eigenvalue weighted by Gasteiger charge is 2.17. The Bertz CT molecular complexity index is 1160. The molecule has 0 spiro atoms. The smallest absolute Gasteiger partial charge is 0.291 e. The summed E-state index contributed by atoms with van der Waals surface area (Å²) in [6, 6.07) is 13.5. The molecule has 162 valence electrons. The van der Waals surface area contributed by atoms with Gasteiger partial charge in [-0.2, -0.15) is 0 Å². The molecule has 1 N–H and O–H groups in total. The van der Waals surface area contributed by atoms with Gasteiger partial charge >= 0.3 is 0 Å². The molecule has 31 heavy (non-hydrogen) atoms. The normalized spacial score (nSPS) is 11.7. The molecule has 2 aromatic heterocycles. The number of ether oxygens (including phenoxy) is 1. The molecule has 0 amide bonds. The van der Waals surface area contributed by atoms with Gasteiger partial charge in [-0.1, -0.05) is 40.9 Å². The third kappa shape index (κ3) is 6.81. The van der Waals surface area contributed by atoms with Crippen LogP contribution in [0.4, 0.5) is 0 Å². The third-order valence-electron chi connectivity index (χ3n) is 4.20. The molecule has 4 rings (SSSR count). The van der Waals surface area contributed by atoms with Gasteiger partial charge in [-0.3, -0.25) is 0 Å². The molecule has 0 saturated carbocycles. The van der Waals surface area contributed by atoms with Crippen molar-refractivity contribution in [2.75, 3.05) is 0 Å². The topological polar surface area (TPSA) is 90.4 Å². The Hall–Kier alpha value is -2.36. The Morgan fingerprint density at radius 2 is 1.87 bits per heavy atom. The zero-order valence-corrected chi connectivity index (χ0v) is 18.9. The molecule has 0 radical (unpaired) electrons. The number of hydrogen-bond donors (Lipinski definition) is 1. The molecule has 0 aliphatic rings. The third-order valence-corrected chi connectivity index (χ3v) is 6.09. The van der Waals surface area contributed by atoms with Crippen molar-refractivity contribution in [3.05, 3.63) is 96.8 Å². The van der Waals surface area contributed by atoms with Crippen molar-refractivity contribution >= 4 is 56.2 Å². The number of fused-ring (bicyclic) bond motifs is 1. The van der Waals surface area contributed by atoms with Crippen LogP contribution in [0.1, 0.15) is 16.5 Å². The van der Waals surface area contributed by atoms with Gasteiger partial charge in [-0.05, 0) is 41.8 Å². The number of rotatable bonds is 6. The molecular weight excluding hydrogens is 485 g/mol. The first-order valence-corrected chi connectivity index (χ1v) is 10.8. The van der Waals surface area contributed by atoms with Gasteiger partial charge in [0.05, 0.1) is 19.5 Å². The second kappa shape index (κ2) is 10.8. The lowest BCUT2D eigenvalue weighted by Gasteiger charge is -2.20. The fourth-order valence-electron chi connectivity index (χ4n) is 2.91. The maximum atomic E-state index is 8.36. The highest BCUT2D eigenvalue weighted by atomic mass is 35.5. The van der Waals surface area contributed by atoms with E-state index in [1.54, 1.807) is 29.9 Å². The van der Waals surface area contributed by atoms with Gasteiger partial charge in [-0.25, -0.2) is 4.98 Å². The van der Waals surface area contributed by atoms with E-state index in [1.165, 1.54) is 4.70 Å². The zero-order chi connectivity index (χ0) is 22.4. The number of benzene rings is 2. The van der Waals surface area contributed by atoms with E-state index >= 15 is 0 Å². The number of halogens is 3. The second-order valence-corrected chi connectivity index (χ2v) is 8.81. The van der Waals surface area contributed by atoms with Crippen LogP contribution in [-0.4, -0.2) is 19.8 Å². The molecule has 2 aromatic carbocycles. The molecule has 1 atom stereocenters. The Labute approximate surface area is 196 Å². The van der Waals surface area contributed by atoms with E-state index in [1.807, 2.05) is 41.1 Å². The first kappa shape index (κ1) is 23.3. The zero-order valence-electron chi connectivity index (χ0n) is 15.8. The van der Waals surface area contributed by atoms with Gasteiger partial charge in [0.15, 0.2) is 0 Å². The molecule has 0 saturated heterocycles. The summed E-state index contributed by atoms with van der Waals surface area (Å²) in [6.45, 7) is 1.09. The molecular formula is C20H16Cl3N3O4S. The Kier molecular flexibility index (Phi) is 8.11. The molecule has 0 aliphatic carbocycles. The standard InChI is InChI=1S/C20H15Cl3N2OS.HNO3/c21-14-2-4-20-13(7-14)8-16(27-20)11-26-19(10-25-6-5-24-12-25)17-3-1-15(22)9-18(17)23;2-1(3)4/h1-9,12,19H,10-11H2;(H,2,3,4). The number of thiophene rings is 1. The Morgan fingerprint density at radius 1 is 1.16 bits per heavy atom. The summed E-state index contributed by atoms with van der Waals surface area (Å²) in [7, 11) is 0. The fourth-order valence-corrected chi connectivity index (χ4v) is 4.59. The number of imidazole rings is 1. The summed E-state index contributed by atoms with van der Waals surface area (Å²) in [5, 5.41) is 16.7. The van der Waals surface area contributed by atoms with Crippen LogP contribution in [0.3, 0.4) is 0 Å². The van der Waals surface area contributed by atoms with Crippen molar-refractivity contribution in [3.63, 3.8) is 0 Å². The van der Waals surface area contributed by atoms with Crippen LogP contribution in [-0.2, 0) is 17.9 Å². The van der Waals surface area contributed by atoms with Crippen molar-refractivity contribution in [2.45, 2.75) is 19.3 Å². The molecule has 0 fully saturated rings. The van der Waals surface area contributed by atoms with E-state index < -0.39 is 5.09 Å². The summed E-state index contributed by atoms with van der Waals surface area (Å²) in [5.41, 5.74) is 0.902. The van der Waals surface area contributed by atoms with Gasteiger partial charge in [0.1, 0.15) is 6.10 Å². The summed E-state index contributed by atoms with van der Waals surface area (Å²) in [5.74, 6) is 0. The maximum Gasteiger partial charge on any atom is 0.291 e. The first-order chi connectivity index (χ1) is 14.8. The number of hydrogen-bond acceptors (Lipinski definition) is 5. The largest absolute Gasteiger partial charge is 0.366 e. The van der Waals surface area contributed by atoms with E-state index in [9.17, 15) is 0 Å². The van der Waals surface area contributed by atoms with Crippen LogP contribution in [0.5, 0.6) is 0 Å². The van der Waals surface area contributed by atoms with Gasteiger partial charge < -0.3 is 14.5 Å². The van der Waals surface area contributed by atoms with E-state index in [2.05, 4.69) is 11.1 Å².